The van der Waals surface area contributed by atoms with Crippen LogP contribution in [-0.2, 0) is 12.7 Å². The van der Waals surface area contributed by atoms with E-state index in [-0.39, 0.29) is 12.5 Å². The van der Waals surface area contributed by atoms with Crippen molar-refractivity contribution in [1.29, 1.82) is 0 Å². The summed E-state index contributed by atoms with van der Waals surface area (Å²) in [6.07, 6.45) is -0.615. The van der Waals surface area contributed by atoms with Crippen molar-refractivity contribution in [1.82, 2.24) is 24.8 Å². The molecule has 0 aliphatic heterocycles. The summed E-state index contributed by atoms with van der Waals surface area (Å²) in [5.41, 5.74) is 6.18. The molecule has 3 heterocycles. The van der Waals surface area contributed by atoms with Gasteiger partial charge in [0.25, 0.3) is 5.91 Å². The minimum absolute atomic E-state index is 0.0333. The number of nitrogen functional groups attached to an aromatic ring is 1. The standard InChI is InChI=1S/C23H19F3N6O/c1-14(21-28-9-2-10-29-21)32(13-18-6-5-17(12-30-18)23(24,25)26)22(33)16-3-7-19-15(11-16)4-8-20(27)31-19/h2-12,14H,13H2,1H3,(H2,27,31)/t14-/m1/s1. The summed E-state index contributed by atoms with van der Waals surface area (Å²) < 4.78 is 38.7. The monoisotopic (exact) mass is 452 g/mol. The Labute approximate surface area is 187 Å². The molecule has 10 heteroatoms. The van der Waals surface area contributed by atoms with E-state index in [0.717, 1.165) is 17.6 Å². The van der Waals surface area contributed by atoms with Gasteiger partial charge in [0.05, 0.1) is 29.4 Å². The van der Waals surface area contributed by atoms with Crippen LogP contribution in [-0.4, -0.2) is 30.7 Å². The molecule has 4 aromatic rings. The minimum Gasteiger partial charge on any atom is -0.384 e. The lowest BCUT2D eigenvalue weighted by atomic mass is 10.1. The Morgan fingerprint density at radius 3 is 2.48 bits per heavy atom. The molecule has 0 unspecified atom stereocenters. The van der Waals surface area contributed by atoms with Crippen LogP contribution in [0.4, 0.5) is 19.0 Å². The predicted molar refractivity (Wildman–Crippen MR) is 116 cm³/mol. The average molecular weight is 452 g/mol. The van der Waals surface area contributed by atoms with E-state index >= 15 is 0 Å². The molecule has 0 aliphatic carbocycles. The molecular weight excluding hydrogens is 433 g/mol. The SMILES string of the molecule is C[C@H](c1ncccn1)N(Cc1ccc(C(F)(F)F)cn1)C(=O)c1ccc2nc(N)ccc2c1. The zero-order valence-electron chi connectivity index (χ0n) is 17.5. The summed E-state index contributed by atoms with van der Waals surface area (Å²) >= 11 is 0. The Morgan fingerprint density at radius 1 is 1.06 bits per heavy atom. The van der Waals surface area contributed by atoms with Crippen LogP contribution in [0.5, 0.6) is 0 Å². The molecule has 33 heavy (non-hydrogen) atoms. The summed E-state index contributed by atoms with van der Waals surface area (Å²) in [5.74, 6) is 0.412. The molecule has 0 spiro atoms. The Hall–Kier alpha value is -4.08. The highest BCUT2D eigenvalue weighted by atomic mass is 19.4. The van der Waals surface area contributed by atoms with E-state index in [1.54, 1.807) is 55.7 Å². The summed E-state index contributed by atoms with van der Waals surface area (Å²) in [4.78, 5) is 31.6. The van der Waals surface area contributed by atoms with Crippen LogP contribution < -0.4 is 5.73 Å². The number of carbonyl (C=O) groups is 1. The molecule has 7 nitrogen and oxygen atoms in total. The van der Waals surface area contributed by atoms with Gasteiger partial charge < -0.3 is 10.6 Å². The number of rotatable bonds is 5. The summed E-state index contributed by atoms with van der Waals surface area (Å²) in [5, 5.41) is 0.728. The molecule has 0 fully saturated rings. The highest BCUT2D eigenvalue weighted by Crippen LogP contribution is 2.29. The van der Waals surface area contributed by atoms with Crippen LogP contribution in [0.1, 0.15) is 40.4 Å². The second kappa shape index (κ2) is 8.81. The van der Waals surface area contributed by atoms with Gasteiger partial charge in [-0.05, 0) is 55.5 Å². The number of hydrogen-bond acceptors (Lipinski definition) is 6. The van der Waals surface area contributed by atoms with E-state index < -0.39 is 17.8 Å². The smallest absolute Gasteiger partial charge is 0.384 e. The van der Waals surface area contributed by atoms with Crippen molar-refractivity contribution in [2.24, 2.45) is 0 Å². The maximum Gasteiger partial charge on any atom is 0.417 e. The number of hydrogen-bond donors (Lipinski definition) is 1. The van der Waals surface area contributed by atoms with Gasteiger partial charge in [0.2, 0.25) is 0 Å². The fourth-order valence-electron chi connectivity index (χ4n) is 3.35. The summed E-state index contributed by atoms with van der Waals surface area (Å²) in [7, 11) is 0. The van der Waals surface area contributed by atoms with E-state index in [2.05, 4.69) is 19.9 Å². The molecule has 1 amide bonds. The van der Waals surface area contributed by atoms with Crippen molar-refractivity contribution in [2.75, 3.05) is 5.73 Å². The molecule has 0 radical (unpaired) electrons. The van der Waals surface area contributed by atoms with Crippen molar-refractivity contribution >= 4 is 22.6 Å². The Kier molecular flexibility index (Phi) is 5.91. The van der Waals surface area contributed by atoms with E-state index in [1.165, 1.54) is 11.0 Å². The molecule has 0 bridgehead atoms. The van der Waals surface area contributed by atoms with Crippen LogP contribution in [0, 0.1) is 0 Å². The van der Waals surface area contributed by atoms with E-state index in [4.69, 9.17) is 5.73 Å². The van der Waals surface area contributed by atoms with Gasteiger partial charge in [-0.25, -0.2) is 15.0 Å². The first-order valence-corrected chi connectivity index (χ1v) is 9.98. The van der Waals surface area contributed by atoms with Gasteiger partial charge >= 0.3 is 6.18 Å². The van der Waals surface area contributed by atoms with Gasteiger partial charge in [0.1, 0.15) is 11.6 Å². The van der Waals surface area contributed by atoms with Crippen LogP contribution in [0.15, 0.2) is 67.1 Å². The van der Waals surface area contributed by atoms with Crippen molar-refractivity contribution < 1.29 is 18.0 Å². The quantitative estimate of drug-likeness (QED) is 0.481. The normalized spacial score (nSPS) is 12.5. The van der Waals surface area contributed by atoms with Gasteiger partial charge in [-0.2, -0.15) is 13.2 Å². The van der Waals surface area contributed by atoms with Gasteiger partial charge in [0.15, 0.2) is 0 Å². The molecule has 1 atom stereocenters. The van der Waals surface area contributed by atoms with Gasteiger partial charge in [-0.3, -0.25) is 9.78 Å². The summed E-state index contributed by atoms with van der Waals surface area (Å²) in [6, 6.07) is 11.7. The van der Waals surface area contributed by atoms with Gasteiger partial charge in [-0.1, -0.05) is 0 Å². The van der Waals surface area contributed by atoms with Crippen molar-refractivity contribution in [3.05, 3.63) is 89.8 Å². The Bertz CT molecular complexity index is 1280. The number of anilines is 1. The number of amides is 1. The maximum atomic E-state index is 13.5. The Balaban J connectivity index is 1.69. The van der Waals surface area contributed by atoms with E-state index in [1.807, 2.05) is 0 Å². The van der Waals surface area contributed by atoms with Crippen molar-refractivity contribution in [3.63, 3.8) is 0 Å². The lowest BCUT2D eigenvalue weighted by Gasteiger charge is -2.28. The molecular formula is C23H19F3N6O. The topological polar surface area (TPSA) is 97.9 Å². The van der Waals surface area contributed by atoms with Crippen LogP contribution in [0.3, 0.4) is 0 Å². The predicted octanol–water partition coefficient (Wildman–Crippen LogP) is 4.42. The molecule has 0 saturated heterocycles. The number of pyridine rings is 2. The van der Waals surface area contributed by atoms with Crippen LogP contribution in [0.25, 0.3) is 10.9 Å². The average Bonchev–Trinajstić information content (AvgIpc) is 2.81. The second-order valence-electron chi connectivity index (χ2n) is 7.40. The number of fused-ring (bicyclic) bond motifs is 1. The lowest BCUT2D eigenvalue weighted by Crippen LogP contribution is -2.34. The van der Waals surface area contributed by atoms with Crippen LogP contribution in [0.2, 0.25) is 0 Å². The fraction of sp³-hybridized carbons (Fsp3) is 0.174. The third kappa shape index (κ3) is 4.89. The van der Waals surface area contributed by atoms with Gasteiger partial charge in [-0.15, -0.1) is 0 Å². The van der Waals surface area contributed by atoms with Crippen molar-refractivity contribution in [3.8, 4) is 0 Å². The lowest BCUT2D eigenvalue weighted by molar-refractivity contribution is -0.137. The van der Waals surface area contributed by atoms with Crippen LogP contribution >= 0.6 is 0 Å². The molecule has 0 aliphatic rings. The molecule has 2 N–H and O–H groups in total. The number of halogens is 3. The first-order chi connectivity index (χ1) is 15.7. The largest absolute Gasteiger partial charge is 0.417 e. The third-order valence-corrected chi connectivity index (χ3v) is 5.13. The molecule has 4 rings (SSSR count). The van der Waals surface area contributed by atoms with E-state index in [9.17, 15) is 18.0 Å². The number of nitrogens with two attached hydrogens (primary N) is 1. The highest BCUT2D eigenvalue weighted by Gasteiger charge is 2.31. The number of aromatic nitrogens is 4. The number of nitrogens with zero attached hydrogens (tertiary/aromatic N) is 5. The minimum atomic E-state index is -4.49. The zero-order valence-corrected chi connectivity index (χ0v) is 17.5. The highest BCUT2D eigenvalue weighted by molar-refractivity contribution is 5.98. The molecule has 3 aromatic heterocycles. The number of alkyl halides is 3. The van der Waals surface area contributed by atoms with E-state index in [0.29, 0.717) is 28.4 Å². The Morgan fingerprint density at radius 2 is 1.82 bits per heavy atom. The van der Waals surface area contributed by atoms with Crippen molar-refractivity contribution in [2.45, 2.75) is 25.7 Å². The zero-order chi connectivity index (χ0) is 23.6. The first-order valence-electron chi connectivity index (χ1n) is 9.98. The molecule has 168 valence electrons. The molecule has 0 saturated carbocycles. The maximum absolute atomic E-state index is 13.5. The summed E-state index contributed by atoms with van der Waals surface area (Å²) in [6.45, 7) is 1.72. The molecule has 1 aromatic carbocycles. The second-order valence-corrected chi connectivity index (χ2v) is 7.40. The first kappa shape index (κ1) is 22.1. The number of carbonyl (C=O) groups excluding carboxylic acids is 1. The third-order valence-electron chi connectivity index (χ3n) is 5.13. The number of benzene rings is 1. The fourth-order valence-corrected chi connectivity index (χ4v) is 3.35. The van der Waals surface area contributed by atoms with Gasteiger partial charge in [0, 0.05) is 29.5 Å².